The van der Waals surface area contributed by atoms with Crippen LogP contribution >= 0.6 is 11.6 Å². The van der Waals surface area contributed by atoms with Crippen molar-refractivity contribution >= 4 is 33.0 Å². The van der Waals surface area contributed by atoms with E-state index in [1.54, 1.807) is 0 Å². The van der Waals surface area contributed by atoms with Crippen LogP contribution in [-0.2, 0) is 9.84 Å². The van der Waals surface area contributed by atoms with E-state index >= 15 is 0 Å². The highest BCUT2D eigenvalue weighted by Crippen LogP contribution is 2.33. The minimum atomic E-state index is -3.72. The second-order valence-corrected chi connectivity index (χ2v) is 9.19. The maximum absolute atomic E-state index is 13.0. The van der Waals surface area contributed by atoms with Gasteiger partial charge in [-0.2, -0.15) is 0 Å². The average Bonchev–Trinajstić information content (AvgIpc) is 2.64. The van der Waals surface area contributed by atoms with E-state index in [0.717, 1.165) is 0 Å². The average molecular weight is 412 g/mol. The van der Waals surface area contributed by atoms with Crippen molar-refractivity contribution in [3.05, 3.63) is 58.9 Å². The highest BCUT2D eigenvalue weighted by molar-refractivity contribution is 7.92. The Kier molecular flexibility index (Phi) is 5.83. The maximum Gasteiger partial charge on any atom is 0.255 e. The van der Waals surface area contributed by atoms with Crippen molar-refractivity contribution in [2.24, 2.45) is 0 Å². The Labute approximate surface area is 162 Å². The van der Waals surface area contributed by atoms with Crippen LogP contribution in [-0.4, -0.2) is 30.8 Å². The maximum atomic E-state index is 13.0. The van der Waals surface area contributed by atoms with Crippen LogP contribution in [0.15, 0.2) is 47.4 Å². The summed E-state index contributed by atoms with van der Waals surface area (Å²) < 4.78 is 38.9. The molecule has 144 valence electrons. The standard InChI is InChI=1S/C19H19ClFNO4S/c20-17-10-1-12(19(24)22-14-4-2-13(21)3-5-14)11-18(17)27(25,26)16-8-6-15(23)7-9-16/h1-5,10-11,15-16,23H,6-9H2,(H,22,24)/t15-,16-. The normalized spacial score (nSPS) is 20.3. The Bertz CT molecular complexity index is 939. The topological polar surface area (TPSA) is 83.5 Å². The fourth-order valence-corrected chi connectivity index (χ4v) is 5.46. The number of nitrogens with one attached hydrogen (secondary N) is 1. The predicted molar refractivity (Wildman–Crippen MR) is 101 cm³/mol. The fraction of sp³-hybridized carbons (Fsp3) is 0.316. The zero-order valence-electron chi connectivity index (χ0n) is 14.4. The van der Waals surface area contributed by atoms with Gasteiger partial charge in [0.15, 0.2) is 9.84 Å². The first kappa shape index (κ1) is 19.8. The summed E-state index contributed by atoms with van der Waals surface area (Å²) in [4.78, 5) is 12.3. The predicted octanol–water partition coefficient (Wildman–Crippen LogP) is 3.81. The second kappa shape index (κ2) is 7.96. The van der Waals surface area contributed by atoms with Crippen molar-refractivity contribution in [1.82, 2.24) is 0 Å². The summed E-state index contributed by atoms with van der Waals surface area (Å²) >= 11 is 6.11. The van der Waals surface area contributed by atoms with Crippen molar-refractivity contribution in [3.63, 3.8) is 0 Å². The number of benzene rings is 2. The molecule has 5 nitrogen and oxygen atoms in total. The third-order valence-electron chi connectivity index (χ3n) is 4.68. The molecular weight excluding hydrogens is 393 g/mol. The molecule has 1 aliphatic carbocycles. The quantitative estimate of drug-likeness (QED) is 0.801. The molecule has 0 radical (unpaired) electrons. The molecule has 27 heavy (non-hydrogen) atoms. The monoisotopic (exact) mass is 411 g/mol. The molecule has 8 heteroatoms. The van der Waals surface area contributed by atoms with Gasteiger partial charge in [-0.05, 0) is 68.1 Å². The van der Waals surface area contributed by atoms with Crippen molar-refractivity contribution in [2.75, 3.05) is 5.32 Å². The van der Waals surface area contributed by atoms with E-state index in [9.17, 15) is 22.7 Å². The van der Waals surface area contributed by atoms with Gasteiger partial charge in [0.25, 0.3) is 5.91 Å². The van der Waals surface area contributed by atoms with Crippen LogP contribution in [0.1, 0.15) is 36.0 Å². The van der Waals surface area contributed by atoms with Gasteiger partial charge in [-0.15, -0.1) is 0 Å². The van der Waals surface area contributed by atoms with Crippen LogP contribution in [0.2, 0.25) is 5.02 Å². The zero-order chi connectivity index (χ0) is 19.6. The number of sulfone groups is 1. The summed E-state index contributed by atoms with van der Waals surface area (Å²) in [5.41, 5.74) is 0.528. The molecule has 2 aromatic rings. The summed E-state index contributed by atoms with van der Waals surface area (Å²) in [6, 6.07) is 9.33. The van der Waals surface area contributed by atoms with Gasteiger partial charge in [-0.25, -0.2) is 12.8 Å². The third-order valence-corrected chi connectivity index (χ3v) is 7.43. The lowest BCUT2D eigenvalue weighted by Crippen LogP contribution is -2.29. The van der Waals surface area contributed by atoms with E-state index in [0.29, 0.717) is 31.4 Å². The number of aliphatic hydroxyl groups is 1. The van der Waals surface area contributed by atoms with Crippen LogP contribution in [0, 0.1) is 5.82 Å². The summed E-state index contributed by atoms with van der Waals surface area (Å²) in [6.07, 6.45) is 1.08. The molecule has 0 heterocycles. The van der Waals surface area contributed by atoms with Gasteiger partial charge < -0.3 is 10.4 Å². The number of halogens is 2. The SMILES string of the molecule is O=C(Nc1ccc(F)cc1)c1ccc(Cl)c(S(=O)(=O)[C@H]2CC[C@H](O)CC2)c1. The van der Waals surface area contributed by atoms with Gasteiger partial charge in [-0.1, -0.05) is 11.6 Å². The lowest BCUT2D eigenvalue weighted by molar-refractivity contribution is 0.102. The molecule has 0 aliphatic heterocycles. The lowest BCUT2D eigenvalue weighted by Gasteiger charge is -2.25. The molecule has 1 aliphatic rings. The molecule has 0 spiro atoms. The van der Waals surface area contributed by atoms with E-state index in [-0.39, 0.29) is 15.5 Å². The highest BCUT2D eigenvalue weighted by atomic mass is 35.5. The number of aliphatic hydroxyl groups excluding tert-OH is 1. The molecule has 0 saturated heterocycles. The van der Waals surface area contributed by atoms with Crippen molar-refractivity contribution in [2.45, 2.75) is 41.9 Å². The smallest absolute Gasteiger partial charge is 0.255 e. The van der Waals surface area contributed by atoms with Crippen LogP contribution in [0.25, 0.3) is 0 Å². The fourth-order valence-electron chi connectivity index (χ4n) is 3.13. The Morgan fingerprint density at radius 2 is 1.70 bits per heavy atom. The van der Waals surface area contributed by atoms with Gasteiger partial charge in [-0.3, -0.25) is 4.79 Å². The molecule has 1 amide bonds. The number of hydrogen-bond donors (Lipinski definition) is 2. The molecule has 0 unspecified atom stereocenters. The molecule has 3 rings (SSSR count). The second-order valence-electron chi connectivity index (χ2n) is 6.58. The molecule has 0 aromatic heterocycles. The van der Waals surface area contributed by atoms with Crippen LogP contribution in [0.3, 0.4) is 0 Å². The van der Waals surface area contributed by atoms with E-state index in [2.05, 4.69) is 5.32 Å². The third kappa shape index (κ3) is 4.48. The van der Waals surface area contributed by atoms with Crippen molar-refractivity contribution in [3.8, 4) is 0 Å². The number of anilines is 1. The van der Waals surface area contributed by atoms with E-state index in [1.807, 2.05) is 0 Å². The Balaban J connectivity index is 1.85. The van der Waals surface area contributed by atoms with Crippen molar-refractivity contribution in [1.29, 1.82) is 0 Å². The first-order valence-corrected chi connectivity index (χ1v) is 10.5. The molecule has 1 saturated carbocycles. The minimum Gasteiger partial charge on any atom is -0.393 e. The Morgan fingerprint density at radius 3 is 2.33 bits per heavy atom. The molecule has 0 atom stereocenters. The number of hydrogen-bond acceptors (Lipinski definition) is 4. The number of carbonyl (C=O) groups excluding carboxylic acids is 1. The summed E-state index contributed by atoms with van der Waals surface area (Å²) in [7, 11) is -3.72. The molecule has 1 fully saturated rings. The van der Waals surface area contributed by atoms with Gasteiger partial charge in [0, 0.05) is 11.3 Å². The van der Waals surface area contributed by atoms with Crippen LogP contribution in [0.4, 0.5) is 10.1 Å². The minimum absolute atomic E-state index is 0.0551. The molecular formula is C19H19ClFNO4S. The summed E-state index contributed by atoms with van der Waals surface area (Å²) in [6.45, 7) is 0. The number of amides is 1. The first-order valence-electron chi connectivity index (χ1n) is 8.56. The zero-order valence-corrected chi connectivity index (χ0v) is 15.9. The van der Waals surface area contributed by atoms with E-state index in [1.165, 1.54) is 42.5 Å². The molecule has 2 aromatic carbocycles. The molecule has 0 bridgehead atoms. The van der Waals surface area contributed by atoms with Gasteiger partial charge in [0.1, 0.15) is 5.82 Å². The van der Waals surface area contributed by atoms with Crippen LogP contribution < -0.4 is 5.32 Å². The van der Waals surface area contributed by atoms with E-state index in [4.69, 9.17) is 11.6 Å². The van der Waals surface area contributed by atoms with Gasteiger partial charge in [0.05, 0.1) is 21.3 Å². The number of rotatable bonds is 4. The number of carbonyl (C=O) groups is 1. The van der Waals surface area contributed by atoms with Gasteiger partial charge in [0.2, 0.25) is 0 Å². The van der Waals surface area contributed by atoms with Crippen LogP contribution in [0.5, 0.6) is 0 Å². The van der Waals surface area contributed by atoms with E-state index < -0.39 is 32.9 Å². The molecule has 2 N–H and O–H groups in total. The largest absolute Gasteiger partial charge is 0.393 e. The first-order chi connectivity index (χ1) is 12.8. The lowest BCUT2D eigenvalue weighted by atomic mass is 9.97. The Hall–Kier alpha value is -1.96. The van der Waals surface area contributed by atoms with Crippen molar-refractivity contribution < 1.29 is 22.7 Å². The summed E-state index contributed by atoms with van der Waals surface area (Å²) in [5, 5.41) is 11.6. The summed E-state index contributed by atoms with van der Waals surface area (Å²) in [5.74, 6) is -0.945. The van der Waals surface area contributed by atoms with Gasteiger partial charge >= 0.3 is 0 Å². The highest BCUT2D eigenvalue weighted by Gasteiger charge is 2.33. The Morgan fingerprint density at radius 1 is 1.07 bits per heavy atom.